The summed E-state index contributed by atoms with van der Waals surface area (Å²) in [6.45, 7) is 3.35. The minimum Gasteiger partial charge on any atom is -0.306 e. The number of carbonyl (C=O) groups is 1. The highest BCUT2D eigenvalue weighted by atomic mass is 32.2. The zero-order valence-electron chi connectivity index (χ0n) is 15.2. The van der Waals surface area contributed by atoms with Gasteiger partial charge in [0.15, 0.2) is 0 Å². The molecule has 1 aromatic heterocycles. The van der Waals surface area contributed by atoms with Crippen LogP contribution in [0, 0.1) is 19.7 Å². The predicted octanol–water partition coefficient (Wildman–Crippen LogP) is 3.89. The summed E-state index contributed by atoms with van der Waals surface area (Å²) in [6, 6.07) is 13.0. The lowest BCUT2D eigenvalue weighted by Crippen LogP contribution is -2.15. The van der Waals surface area contributed by atoms with Gasteiger partial charge in [0.1, 0.15) is 11.6 Å². The first-order valence-electron chi connectivity index (χ1n) is 8.38. The fourth-order valence-corrected chi connectivity index (χ4v) is 3.90. The SMILES string of the molecule is Cc1cc(F)ccc1S(=O)(=O)Nc1ccc(C(=O)Nc2ncccc2C)cc1. The number of aromatic nitrogens is 1. The second-order valence-corrected chi connectivity index (χ2v) is 7.87. The van der Waals surface area contributed by atoms with Crippen molar-refractivity contribution in [3.05, 3.63) is 83.3 Å². The quantitative estimate of drug-likeness (QED) is 0.681. The third-order valence-corrected chi connectivity index (χ3v) is 5.61. The molecule has 0 aliphatic heterocycles. The van der Waals surface area contributed by atoms with Crippen molar-refractivity contribution in [3.63, 3.8) is 0 Å². The molecular weight excluding hydrogens is 381 g/mol. The van der Waals surface area contributed by atoms with E-state index in [1.807, 2.05) is 13.0 Å². The molecule has 144 valence electrons. The minimum absolute atomic E-state index is 0.0126. The number of carbonyl (C=O) groups excluding carboxylic acids is 1. The highest BCUT2D eigenvalue weighted by molar-refractivity contribution is 7.92. The van der Waals surface area contributed by atoms with E-state index in [-0.39, 0.29) is 16.5 Å². The lowest BCUT2D eigenvalue weighted by molar-refractivity contribution is 0.102. The first-order chi connectivity index (χ1) is 13.3. The van der Waals surface area contributed by atoms with Gasteiger partial charge in [-0.15, -0.1) is 0 Å². The van der Waals surface area contributed by atoms with Gasteiger partial charge in [0.05, 0.1) is 4.90 Å². The summed E-state index contributed by atoms with van der Waals surface area (Å²) < 4.78 is 40.7. The summed E-state index contributed by atoms with van der Waals surface area (Å²) in [7, 11) is -3.88. The second kappa shape index (κ2) is 7.77. The Hall–Kier alpha value is -3.26. The molecule has 2 N–H and O–H groups in total. The zero-order chi connectivity index (χ0) is 20.3. The van der Waals surface area contributed by atoms with Crippen LogP contribution in [0.2, 0.25) is 0 Å². The monoisotopic (exact) mass is 399 g/mol. The minimum atomic E-state index is -3.88. The van der Waals surface area contributed by atoms with Crippen LogP contribution in [-0.4, -0.2) is 19.3 Å². The summed E-state index contributed by atoms with van der Waals surface area (Å²) in [6.07, 6.45) is 1.58. The van der Waals surface area contributed by atoms with Gasteiger partial charge in [0.25, 0.3) is 15.9 Å². The third-order valence-electron chi connectivity index (χ3n) is 4.07. The van der Waals surface area contributed by atoms with E-state index in [4.69, 9.17) is 0 Å². The molecule has 6 nitrogen and oxygen atoms in total. The van der Waals surface area contributed by atoms with Crippen LogP contribution in [0.1, 0.15) is 21.5 Å². The molecule has 0 saturated heterocycles. The number of anilines is 2. The highest BCUT2D eigenvalue weighted by Crippen LogP contribution is 2.21. The lowest BCUT2D eigenvalue weighted by atomic mass is 10.2. The largest absolute Gasteiger partial charge is 0.306 e. The Morgan fingerprint density at radius 3 is 2.36 bits per heavy atom. The molecule has 0 bridgehead atoms. The van der Waals surface area contributed by atoms with E-state index in [9.17, 15) is 17.6 Å². The Morgan fingerprint density at radius 2 is 1.71 bits per heavy atom. The molecule has 0 unspecified atom stereocenters. The van der Waals surface area contributed by atoms with Crippen molar-refractivity contribution in [2.75, 3.05) is 10.0 Å². The van der Waals surface area contributed by atoms with Crippen molar-refractivity contribution in [1.82, 2.24) is 4.98 Å². The fraction of sp³-hybridized carbons (Fsp3) is 0.100. The number of aryl methyl sites for hydroxylation is 2. The Balaban J connectivity index is 1.75. The topological polar surface area (TPSA) is 88.2 Å². The number of benzene rings is 2. The molecule has 0 saturated carbocycles. The van der Waals surface area contributed by atoms with Crippen LogP contribution < -0.4 is 10.0 Å². The maximum atomic E-state index is 13.2. The van der Waals surface area contributed by atoms with Gasteiger partial charge in [-0.3, -0.25) is 9.52 Å². The van der Waals surface area contributed by atoms with Gasteiger partial charge in [0.2, 0.25) is 0 Å². The van der Waals surface area contributed by atoms with Crippen molar-refractivity contribution in [3.8, 4) is 0 Å². The Morgan fingerprint density at radius 1 is 1.00 bits per heavy atom. The average Bonchev–Trinajstić information content (AvgIpc) is 2.63. The lowest BCUT2D eigenvalue weighted by Gasteiger charge is -2.11. The van der Waals surface area contributed by atoms with Crippen LogP contribution in [-0.2, 0) is 10.0 Å². The van der Waals surface area contributed by atoms with Crippen molar-refractivity contribution in [2.45, 2.75) is 18.7 Å². The summed E-state index contributed by atoms with van der Waals surface area (Å²) in [5, 5.41) is 2.71. The van der Waals surface area contributed by atoms with Gasteiger partial charge in [0, 0.05) is 17.4 Å². The van der Waals surface area contributed by atoms with Crippen LogP contribution in [0.4, 0.5) is 15.9 Å². The molecular formula is C20H18FN3O3S. The molecule has 2 aromatic carbocycles. The molecule has 0 fully saturated rings. The van der Waals surface area contributed by atoms with Crippen LogP contribution in [0.15, 0.2) is 65.7 Å². The smallest absolute Gasteiger partial charge is 0.262 e. The Labute approximate surface area is 162 Å². The van der Waals surface area contributed by atoms with E-state index in [1.165, 1.54) is 37.3 Å². The van der Waals surface area contributed by atoms with Crippen molar-refractivity contribution in [1.29, 1.82) is 0 Å². The molecule has 0 aliphatic carbocycles. The van der Waals surface area contributed by atoms with Crippen LogP contribution >= 0.6 is 0 Å². The number of nitrogens with zero attached hydrogens (tertiary/aromatic N) is 1. The first kappa shape index (κ1) is 19.5. The van der Waals surface area contributed by atoms with E-state index >= 15 is 0 Å². The van der Waals surface area contributed by atoms with Gasteiger partial charge in [-0.1, -0.05) is 6.07 Å². The first-order valence-corrected chi connectivity index (χ1v) is 9.86. The zero-order valence-corrected chi connectivity index (χ0v) is 16.0. The summed E-state index contributed by atoms with van der Waals surface area (Å²) in [5.41, 5.74) is 1.77. The van der Waals surface area contributed by atoms with E-state index in [0.717, 1.165) is 17.7 Å². The van der Waals surface area contributed by atoms with E-state index < -0.39 is 15.8 Å². The molecule has 0 aliphatic rings. The maximum absolute atomic E-state index is 13.2. The van der Waals surface area contributed by atoms with Crippen LogP contribution in [0.3, 0.4) is 0 Å². The molecule has 3 aromatic rings. The third kappa shape index (κ3) is 4.34. The summed E-state index contributed by atoms with van der Waals surface area (Å²) >= 11 is 0. The van der Waals surface area contributed by atoms with Gasteiger partial charge in [-0.2, -0.15) is 0 Å². The normalized spacial score (nSPS) is 11.1. The van der Waals surface area contributed by atoms with Crippen molar-refractivity contribution in [2.24, 2.45) is 0 Å². The fourth-order valence-electron chi connectivity index (χ4n) is 2.61. The molecule has 3 rings (SSSR count). The number of hydrogen-bond acceptors (Lipinski definition) is 4. The van der Waals surface area contributed by atoms with E-state index in [2.05, 4.69) is 15.0 Å². The molecule has 8 heteroatoms. The van der Waals surface area contributed by atoms with E-state index in [0.29, 0.717) is 16.9 Å². The number of rotatable bonds is 5. The standard InChI is InChI=1S/C20H18FN3O3S/c1-13-4-3-11-22-19(13)23-20(25)15-5-8-17(9-6-15)24-28(26,27)18-10-7-16(21)12-14(18)2/h3-12,24H,1-2H3,(H,22,23,25). The highest BCUT2D eigenvalue weighted by Gasteiger charge is 2.17. The number of nitrogens with one attached hydrogen (secondary N) is 2. The maximum Gasteiger partial charge on any atom is 0.262 e. The molecule has 0 atom stereocenters. The molecule has 28 heavy (non-hydrogen) atoms. The number of amides is 1. The number of hydrogen-bond donors (Lipinski definition) is 2. The summed E-state index contributed by atoms with van der Waals surface area (Å²) in [4.78, 5) is 16.4. The number of sulfonamides is 1. The number of halogens is 1. The molecule has 1 amide bonds. The van der Waals surface area contributed by atoms with Gasteiger partial charge in [-0.25, -0.2) is 17.8 Å². The average molecular weight is 399 g/mol. The molecule has 0 spiro atoms. The van der Waals surface area contributed by atoms with Crippen LogP contribution in [0.5, 0.6) is 0 Å². The van der Waals surface area contributed by atoms with Gasteiger partial charge in [-0.05, 0) is 73.5 Å². The second-order valence-electron chi connectivity index (χ2n) is 6.22. The molecule has 1 heterocycles. The van der Waals surface area contributed by atoms with Crippen LogP contribution in [0.25, 0.3) is 0 Å². The summed E-state index contributed by atoms with van der Waals surface area (Å²) in [5.74, 6) is -0.399. The van der Waals surface area contributed by atoms with Crippen molar-refractivity contribution >= 4 is 27.4 Å². The predicted molar refractivity (Wildman–Crippen MR) is 105 cm³/mol. The molecule has 0 radical (unpaired) electrons. The van der Waals surface area contributed by atoms with Gasteiger partial charge < -0.3 is 5.32 Å². The number of pyridine rings is 1. The van der Waals surface area contributed by atoms with Crippen molar-refractivity contribution < 1.29 is 17.6 Å². The van der Waals surface area contributed by atoms with E-state index in [1.54, 1.807) is 12.3 Å². The van der Waals surface area contributed by atoms with Gasteiger partial charge >= 0.3 is 0 Å². The Kier molecular flexibility index (Phi) is 5.41. The Bertz CT molecular complexity index is 1130.